The maximum absolute atomic E-state index is 13.5. The Hall–Kier alpha value is -3.82. The number of unbranched alkanes of at least 4 members (excludes halogenated alkanes) is 1. The number of rotatable bonds is 9. The lowest BCUT2D eigenvalue weighted by molar-refractivity contribution is 0.0705. The van der Waals surface area contributed by atoms with Gasteiger partial charge in [-0.05, 0) is 50.3 Å². The number of nitrogens with zero attached hydrogens (tertiary/aromatic N) is 4. The SMILES string of the molecule is COc1cc(OC2CCN(S(=O)(=O)CCCC#N)CC2)ccc1C(=O)N1CCC(N2C(=O)OCc3ccccc32)CC1. The molecule has 0 bridgehead atoms. The van der Waals surface area contributed by atoms with Crippen molar-refractivity contribution in [3.05, 3.63) is 53.6 Å². The fourth-order valence-corrected chi connectivity index (χ4v) is 7.36. The number of cyclic esters (lactones) is 1. The monoisotopic (exact) mass is 596 g/mol. The number of benzene rings is 2. The number of carbonyl (C=O) groups excluding carboxylic acids is 2. The highest BCUT2D eigenvalue weighted by Gasteiger charge is 2.35. The largest absolute Gasteiger partial charge is 0.496 e. The Morgan fingerprint density at radius 1 is 1.07 bits per heavy atom. The topological polar surface area (TPSA) is 129 Å². The van der Waals surface area contributed by atoms with Gasteiger partial charge in [-0.3, -0.25) is 9.69 Å². The summed E-state index contributed by atoms with van der Waals surface area (Å²) in [4.78, 5) is 29.6. The van der Waals surface area contributed by atoms with E-state index in [0.717, 1.165) is 11.3 Å². The Morgan fingerprint density at radius 2 is 1.81 bits per heavy atom. The van der Waals surface area contributed by atoms with Gasteiger partial charge >= 0.3 is 6.09 Å². The molecule has 42 heavy (non-hydrogen) atoms. The normalized spacial score (nSPS) is 18.6. The highest BCUT2D eigenvalue weighted by atomic mass is 32.2. The van der Waals surface area contributed by atoms with Crippen molar-refractivity contribution in [3.63, 3.8) is 0 Å². The van der Waals surface area contributed by atoms with Crippen molar-refractivity contribution in [1.29, 1.82) is 5.26 Å². The predicted octanol–water partition coefficient (Wildman–Crippen LogP) is 3.93. The van der Waals surface area contributed by atoms with Gasteiger partial charge in [0.05, 0.1) is 30.2 Å². The van der Waals surface area contributed by atoms with Gasteiger partial charge in [-0.15, -0.1) is 0 Å². The van der Waals surface area contributed by atoms with Crippen LogP contribution >= 0.6 is 0 Å². The van der Waals surface area contributed by atoms with E-state index in [1.807, 2.05) is 30.3 Å². The van der Waals surface area contributed by atoms with E-state index >= 15 is 0 Å². The number of sulfonamides is 1. The third-order valence-electron chi connectivity index (χ3n) is 8.11. The summed E-state index contributed by atoms with van der Waals surface area (Å²) in [6.45, 7) is 1.99. The molecule has 2 fully saturated rings. The maximum atomic E-state index is 13.5. The number of hydrogen-bond acceptors (Lipinski definition) is 8. The molecular formula is C30H36N4O7S. The average Bonchev–Trinajstić information content (AvgIpc) is 3.01. The van der Waals surface area contributed by atoms with Crippen LogP contribution in [0.2, 0.25) is 0 Å². The van der Waals surface area contributed by atoms with E-state index in [1.165, 1.54) is 11.4 Å². The molecule has 0 saturated carbocycles. The molecule has 0 unspecified atom stereocenters. The molecule has 0 aromatic heterocycles. The fourth-order valence-electron chi connectivity index (χ4n) is 5.82. The third-order valence-corrected chi connectivity index (χ3v) is 10.1. The molecule has 2 aromatic carbocycles. The Kier molecular flexibility index (Phi) is 9.18. The Morgan fingerprint density at radius 3 is 2.52 bits per heavy atom. The van der Waals surface area contributed by atoms with Gasteiger partial charge in [-0.1, -0.05) is 18.2 Å². The molecule has 3 heterocycles. The summed E-state index contributed by atoms with van der Waals surface area (Å²) in [5.74, 6) is 0.800. The standard InChI is InChI=1S/C30H36N4O7S/c1-39-28-20-25(41-24-12-17-33(18-13-24)42(37,38)19-5-4-14-31)8-9-26(28)29(35)32-15-10-23(11-16-32)34-27-7-3-2-6-22(27)21-40-30(34)36/h2-3,6-9,20,23-24H,4-5,10-13,15-19,21H2,1H3. The van der Waals surface area contributed by atoms with Crippen LogP contribution in [0.5, 0.6) is 11.5 Å². The van der Waals surface area contributed by atoms with E-state index in [1.54, 1.807) is 28.0 Å². The number of piperidine rings is 2. The first-order chi connectivity index (χ1) is 20.3. The summed E-state index contributed by atoms with van der Waals surface area (Å²) < 4.78 is 43.6. The number of hydrogen-bond donors (Lipinski definition) is 0. The van der Waals surface area contributed by atoms with Gasteiger partial charge in [0.2, 0.25) is 10.0 Å². The minimum atomic E-state index is -3.38. The summed E-state index contributed by atoms with van der Waals surface area (Å²) >= 11 is 0. The van der Waals surface area contributed by atoms with Crippen LogP contribution in [0.3, 0.4) is 0 Å². The highest BCUT2D eigenvalue weighted by molar-refractivity contribution is 7.89. The minimum Gasteiger partial charge on any atom is -0.496 e. The molecule has 0 spiro atoms. The van der Waals surface area contributed by atoms with Gasteiger partial charge in [0, 0.05) is 50.3 Å². The molecule has 12 heteroatoms. The summed E-state index contributed by atoms with van der Waals surface area (Å²) in [5, 5.41) is 8.67. The molecule has 11 nitrogen and oxygen atoms in total. The number of amides is 2. The van der Waals surface area contributed by atoms with Crippen molar-refractivity contribution in [3.8, 4) is 17.6 Å². The summed E-state index contributed by atoms with van der Waals surface area (Å²) in [6.07, 6.45) is 2.40. The smallest absolute Gasteiger partial charge is 0.414 e. The molecule has 0 N–H and O–H groups in total. The van der Waals surface area contributed by atoms with Crippen LogP contribution in [0.25, 0.3) is 0 Å². The van der Waals surface area contributed by atoms with E-state index in [0.29, 0.717) is 75.3 Å². The molecule has 224 valence electrons. The van der Waals surface area contributed by atoms with Crippen molar-refractivity contribution < 1.29 is 32.2 Å². The first-order valence-electron chi connectivity index (χ1n) is 14.3. The van der Waals surface area contributed by atoms with Gasteiger partial charge in [-0.25, -0.2) is 17.5 Å². The number of fused-ring (bicyclic) bond motifs is 1. The lowest BCUT2D eigenvalue weighted by Crippen LogP contribution is -2.50. The molecule has 0 aliphatic carbocycles. The number of anilines is 1. The van der Waals surface area contributed by atoms with Crippen LogP contribution in [0.4, 0.5) is 10.5 Å². The number of methoxy groups -OCH3 is 1. The molecular weight excluding hydrogens is 560 g/mol. The van der Waals surface area contributed by atoms with Crippen LogP contribution in [-0.4, -0.2) is 80.8 Å². The second kappa shape index (κ2) is 13.0. The lowest BCUT2D eigenvalue weighted by Gasteiger charge is -2.40. The van der Waals surface area contributed by atoms with Crippen LogP contribution in [-0.2, 0) is 21.4 Å². The van der Waals surface area contributed by atoms with Gasteiger partial charge in [0.15, 0.2) is 0 Å². The van der Waals surface area contributed by atoms with Crippen molar-refractivity contribution in [1.82, 2.24) is 9.21 Å². The quantitative estimate of drug-likeness (QED) is 0.398. The van der Waals surface area contributed by atoms with Crippen LogP contribution < -0.4 is 14.4 Å². The van der Waals surface area contributed by atoms with E-state index < -0.39 is 10.0 Å². The number of ether oxygens (including phenoxy) is 3. The van der Waals surface area contributed by atoms with E-state index in [4.69, 9.17) is 19.5 Å². The summed E-state index contributed by atoms with van der Waals surface area (Å²) in [5.41, 5.74) is 2.29. The molecule has 2 saturated heterocycles. The third kappa shape index (κ3) is 6.47. The van der Waals surface area contributed by atoms with Crippen molar-refractivity contribution in [2.45, 2.75) is 57.3 Å². The van der Waals surface area contributed by atoms with Gasteiger partial charge in [0.25, 0.3) is 5.91 Å². The second-order valence-electron chi connectivity index (χ2n) is 10.7. The van der Waals surface area contributed by atoms with Crippen molar-refractivity contribution in [2.24, 2.45) is 0 Å². The van der Waals surface area contributed by atoms with Crippen molar-refractivity contribution >= 4 is 27.7 Å². The zero-order valence-electron chi connectivity index (χ0n) is 23.7. The maximum Gasteiger partial charge on any atom is 0.414 e. The molecule has 0 radical (unpaired) electrons. The van der Waals surface area contributed by atoms with Crippen molar-refractivity contribution in [2.75, 3.05) is 43.9 Å². The van der Waals surface area contributed by atoms with Crippen LogP contribution in [0.1, 0.15) is 54.4 Å². The van der Waals surface area contributed by atoms with Gasteiger partial charge < -0.3 is 19.1 Å². The van der Waals surface area contributed by atoms with Gasteiger partial charge in [-0.2, -0.15) is 5.26 Å². The minimum absolute atomic E-state index is 0.0187. The fraction of sp³-hybridized carbons (Fsp3) is 0.500. The Bertz CT molecular complexity index is 1440. The molecule has 0 atom stereocenters. The first kappa shape index (κ1) is 29.7. The second-order valence-corrected chi connectivity index (χ2v) is 12.8. The van der Waals surface area contributed by atoms with E-state index in [2.05, 4.69) is 0 Å². The van der Waals surface area contributed by atoms with E-state index in [9.17, 15) is 18.0 Å². The average molecular weight is 597 g/mol. The number of nitriles is 1. The number of carbonyl (C=O) groups is 2. The van der Waals surface area contributed by atoms with E-state index in [-0.39, 0.29) is 42.9 Å². The molecule has 2 aromatic rings. The molecule has 2 amide bonds. The number of likely N-dealkylation sites (tertiary alicyclic amines) is 1. The zero-order chi connectivity index (χ0) is 29.7. The molecule has 3 aliphatic rings. The highest BCUT2D eigenvalue weighted by Crippen LogP contribution is 2.33. The number of para-hydroxylation sites is 1. The summed E-state index contributed by atoms with van der Waals surface area (Å²) in [6, 6.07) is 14.8. The zero-order valence-corrected chi connectivity index (χ0v) is 24.6. The Balaban J connectivity index is 1.16. The summed E-state index contributed by atoms with van der Waals surface area (Å²) in [7, 11) is -1.86. The Labute approximate surface area is 246 Å². The first-order valence-corrected chi connectivity index (χ1v) is 15.9. The molecule has 3 aliphatic heterocycles. The molecule has 5 rings (SSSR count). The van der Waals surface area contributed by atoms with Crippen LogP contribution in [0.15, 0.2) is 42.5 Å². The van der Waals surface area contributed by atoms with Crippen LogP contribution in [0, 0.1) is 11.3 Å². The lowest BCUT2D eigenvalue weighted by atomic mass is 10.00. The van der Waals surface area contributed by atoms with Gasteiger partial charge in [0.1, 0.15) is 24.2 Å². The predicted molar refractivity (Wildman–Crippen MR) is 155 cm³/mol.